The van der Waals surface area contributed by atoms with Gasteiger partial charge in [-0.15, -0.1) is 0 Å². The second kappa shape index (κ2) is 4.33. The van der Waals surface area contributed by atoms with Gasteiger partial charge in [0.1, 0.15) is 0 Å². The number of carbonyl (C=O) groups is 1. The summed E-state index contributed by atoms with van der Waals surface area (Å²) in [4.78, 5) is 11.8. The van der Waals surface area contributed by atoms with Gasteiger partial charge >= 0.3 is 0 Å². The predicted molar refractivity (Wildman–Crippen MR) is 59.5 cm³/mol. The van der Waals surface area contributed by atoms with E-state index in [-0.39, 0.29) is 23.8 Å². The van der Waals surface area contributed by atoms with Gasteiger partial charge in [-0.25, -0.2) is 4.39 Å². The molecule has 0 spiro atoms. The minimum Gasteiger partial charge on any atom is -0.494 e. The molecule has 2 rings (SSSR count). The average molecular weight is 239 g/mol. The van der Waals surface area contributed by atoms with Gasteiger partial charge < -0.3 is 15.2 Å². The van der Waals surface area contributed by atoms with Gasteiger partial charge in [0.15, 0.2) is 11.6 Å². The van der Waals surface area contributed by atoms with Crippen LogP contribution in [0.15, 0.2) is 18.2 Å². The summed E-state index contributed by atoms with van der Waals surface area (Å²) < 4.78 is 18.2. The molecule has 1 amide bonds. The highest BCUT2D eigenvalue weighted by Gasteiger charge is 2.43. The number of benzene rings is 1. The predicted octanol–water partition coefficient (Wildman–Crippen LogP) is 1.09. The Morgan fingerprint density at radius 2 is 2.29 bits per heavy atom. The number of methoxy groups -OCH3 is 1. The highest BCUT2D eigenvalue weighted by molar-refractivity contribution is 5.95. The number of aliphatic hydroxyl groups is 1. The van der Waals surface area contributed by atoms with Crippen LogP contribution in [0.25, 0.3) is 0 Å². The lowest BCUT2D eigenvalue weighted by Crippen LogP contribution is -2.39. The number of rotatable bonds is 4. The lowest BCUT2D eigenvalue weighted by atomic mass is 10.1. The summed E-state index contributed by atoms with van der Waals surface area (Å²) in [7, 11) is 1.36. The van der Waals surface area contributed by atoms with Gasteiger partial charge in [0.05, 0.1) is 19.3 Å². The molecule has 1 aromatic rings. The molecule has 1 aromatic carbocycles. The summed E-state index contributed by atoms with van der Waals surface area (Å²) in [5.74, 6) is -0.850. The van der Waals surface area contributed by atoms with E-state index < -0.39 is 11.4 Å². The first-order valence-electron chi connectivity index (χ1n) is 5.37. The highest BCUT2D eigenvalue weighted by atomic mass is 19.1. The molecule has 0 unspecified atom stereocenters. The average Bonchev–Trinajstić information content (AvgIpc) is 3.09. The van der Waals surface area contributed by atoms with E-state index in [1.165, 1.54) is 19.2 Å². The molecule has 0 atom stereocenters. The number of amides is 1. The molecule has 0 aliphatic heterocycles. The molecule has 1 saturated carbocycles. The van der Waals surface area contributed by atoms with Crippen molar-refractivity contribution in [3.8, 4) is 5.75 Å². The third-order valence-electron chi connectivity index (χ3n) is 2.95. The monoisotopic (exact) mass is 239 g/mol. The third kappa shape index (κ3) is 2.39. The molecule has 0 radical (unpaired) electrons. The first kappa shape index (κ1) is 11.9. The number of aliphatic hydroxyl groups excluding tert-OH is 1. The first-order chi connectivity index (χ1) is 8.10. The van der Waals surface area contributed by atoms with Gasteiger partial charge in [-0.2, -0.15) is 0 Å². The van der Waals surface area contributed by atoms with Crippen LogP contribution in [-0.4, -0.2) is 30.3 Å². The fourth-order valence-corrected chi connectivity index (χ4v) is 1.59. The Kier molecular flexibility index (Phi) is 3.02. The van der Waals surface area contributed by atoms with E-state index in [1.807, 2.05) is 0 Å². The SMILES string of the molecule is COc1ccc(C(=O)NC2(CO)CC2)cc1F. The van der Waals surface area contributed by atoms with E-state index in [1.54, 1.807) is 0 Å². The smallest absolute Gasteiger partial charge is 0.251 e. The van der Waals surface area contributed by atoms with Gasteiger partial charge in [0.25, 0.3) is 5.91 Å². The second-order valence-corrected chi connectivity index (χ2v) is 4.24. The Hall–Kier alpha value is -1.62. The molecule has 17 heavy (non-hydrogen) atoms. The summed E-state index contributed by atoms with van der Waals surface area (Å²) in [5.41, 5.74) is -0.268. The van der Waals surface area contributed by atoms with Crippen molar-refractivity contribution < 1.29 is 19.0 Å². The van der Waals surface area contributed by atoms with Crippen molar-refractivity contribution in [3.63, 3.8) is 0 Å². The van der Waals surface area contributed by atoms with Crippen molar-refractivity contribution in [2.75, 3.05) is 13.7 Å². The van der Waals surface area contributed by atoms with E-state index in [0.29, 0.717) is 0 Å². The van der Waals surface area contributed by atoms with Crippen molar-refractivity contribution in [2.24, 2.45) is 0 Å². The molecule has 1 aliphatic carbocycles. The topological polar surface area (TPSA) is 58.6 Å². The van der Waals surface area contributed by atoms with Crippen LogP contribution in [0.3, 0.4) is 0 Å². The molecule has 1 fully saturated rings. The zero-order valence-corrected chi connectivity index (χ0v) is 9.50. The maximum absolute atomic E-state index is 13.4. The van der Waals surface area contributed by atoms with Crippen molar-refractivity contribution in [2.45, 2.75) is 18.4 Å². The normalized spacial score (nSPS) is 16.4. The van der Waals surface area contributed by atoms with Crippen LogP contribution in [0.1, 0.15) is 23.2 Å². The molecule has 0 heterocycles. The van der Waals surface area contributed by atoms with Crippen molar-refractivity contribution in [3.05, 3.63) is 29.6 Å². The van der Waals surface area contributed by atoms with E-state index in [9.17, 15) is 9.18 Å². The zero-order valence-electron chi connectivity index (χ0n) is 9.50. The van der Waals surface area contributed by atoms with Gasteiger partial charge in [0.2, 0.25) is 0 Å². The molecule has 2 N–H and O–H groups in total. The van der Waals surface area contributed by atoms with Crippen LogP contribution in [0.5, 0.6) is 5.75 Å². The molecular weight excluding hydrogens is 225 g/mol. The van der Waals surface area contributed by atoms with E-state index in [2.05, 4.69) is 5.32 Å². The lowest BCUT2D eigenvalue weighted by Gasteiger charge is -2.14. The Bertz CT molecular complexity index is 443. The fourth-order valence-electron chi connectivity index (χ4n) is 1.59. The Labute approximate surface area is 98.4 Å². The van der Waals surface area contributed by atoms with E-state index in [0.717, 1.165) is 18.9 Å². The standard InChI is InChI=1S/C12H14FNO3/c1-17-10-3-2-8(6-9(10)13)11(16)14-12(7-15)4-5-12/h2-3,6,15H,4-5,7H2,1H3,(H,14,16). The highest BCUT2D eigenvalue weighted by Crippen LogP contribution is 2.34. The third-order valence-corrected chi connectivity index (χ3v) is 2.95. The molecule has 4 nitrogen and oxygen atoms in total. The number of carbonyl (C=O) groups excluding carboxylic acids is 1. The lowest BCUT2D eigenvalue weighted by molar-refractivity contribution is 0.0906. The van der Waals surface area contributed by atoms with Crippen LogP contribution in [-0.2, 0) is 0 Å². The van der Waals surface area contributed by atoms with Crippen molar-refractivity contribution in [1.29, 1.82) is 0 Å². The molecular formula is C12H14FNO3. The van der Waals surface area contributed by atoms with Gasteiger partial charge in [0, 0.05) is 5.56 Å². The fraction of sp³-hybridized carbons (Fsp3) is 0.417. The number of ether oxygens (including phenoxy) is 1. The molecule has 1 aliphatic rings. The van der Waals surface area contributed by atoms with Crippen LogP contribution in [0, 0.1) is 5.82 Å². The maximum atomic E-state index is 13.4. The quantitative estimate of drug-likeness (QED) is 0.826. The second-order valence-electron chi connectivity index (χ2n) is 4.24. The summed E-state index contributed by atoms with van der Waals surface area (Å²) in [6, 6.07) is 4.02. The molecule has 0 bridgehead atoms. The first-order valence-corrected chi connectivity index (χ1v) is 5.37. The maximum Gasteiger partial charge on any atom is 0.251 e. The molecule has 5 heteroatoms. The summed E-state index contributed by atoms with van der Waals surface area (Å²) in [6.45, 7) is -0.0859. The Morgan fingerprint density at radius 3 is 2.76 bits per heavy atom. The number of halogens is 1. The Balaban J connectivity index is 2.12. The minimum absolute atomic E-state index is 0.0859. The van der Waals surface area contributed by atoms with E-state index in [4.69, 9.17) is 9.84 Å². The molecule has 92 valence electrons. The minimum atomic E-state index is -0.575. The van der Waals surface area contributed by atoms with Gasteiger partial charge in [-0.1, -0.05) is 0 Å². The van der Waals surface area contributed by atoms with Crippen LogP contribution < -0.4 is 10.1 Å². The summed E-state index contributed by atoms with van der Waals surface area (Å²) >= 11 is 0. The van der Waals surface area contributed by atoms with Crippen LogP contribution in [0.2, 0.25) is 0 Å². The number of hydrogen-bond donors (Lipinski definition) is 2. The van der Waals surface area contributed by atoms with Gasteiger partial charge in [-0.3, -0.25) is 4.79 Å². The largest absolute Gasteiger partial charge is 0.494 e. The van der Waals surface area contributed by atoms with Crippen molar-refractivity contribution >= 4 is 5.91 Å². The zero-order chi connectivity index (χ0) is 12.5. The summed E-state index contributed by atoms with van der Waals surface area (Å²) in [6.07, 6.45) is 1.52. The number of nitrogens with one attached hydrogen (secondary N) is 1. The summed E-state index contributed by atoms with van der Waals surface area (Å²) in [5, 5.41) is 11.8. The molecule has 0 saturated heterocycles. The Morgan fingerprint density at radius 1 is 1.59 bits per heavy atom. The molecule has 0 aromatic heterocycles. The van der Waals surface area contributed by atoms with Crippen LogP contribution >= 0.6 is 0 Å². The van der Waals surface area contributed by atoms with Gasteiger partial charge in [-0.05, 0) is 31.0 Å². The van der Waals surface area contributed by atoms with Crippen LogP contribution in [0.4, 0.5) is 4.39 Å². The van der Waals surface area contributed by atoms with E-state index >= 15 is 0 Å². The van der Waals surface area contributed by atoms with Crippen molar-refractivity contribution in [1.82, 2.24) is 5.32 Å². The number of hydrogen-bond acceptors (Lipinski definition) is 3.